The van der Waals surface area contributed by atoms with Crippen LogP contribution in [0.1, 0.15) is 19.0 Å². The first-order valence-corrected chi connectivity index (χ1v) is 15.3. The molecule has 1 atom stereocenters. The zero-order valence-electron chi connectivity index (χ0n) is 25.5. The van der Waals surface area contributed by atoms with Gasteiger partial charge in [0.05, 0.1) is 41.7 Å². The van der Waals surface area contributed by atoms with E-state index in [-0.39, 0.29) is 6.61 Å². The molecular formula is C33H36ClN7O5. The van der Waals surface area contributed by atoms with E-state index in [1.54, 1.807) is 37.4 Å². The van der Waals surface area contributed by atoms with Crippen LogP contribution in [0.2, 0.25) is 5.02 Å². The fraction of sp³-hybridized carbons (Fsp3) is 0.303. The summed E-state index contributed by atoms with van der Waals surface area (Å²) in [5.74, 6) is 0.584. The van der Waals surface area contributed by atoms with E-state index in [4.69, 9.17) is 25.8 Å². The number of rotatable bonds is 14. The average molecular weight is 646 g/mol. The maximum absolute atomic E-state index is 13.1. The molecule has 0 bridgehead atoms. The first-order valence-electron chi connectivity index (χ1n) is 14.9. The highest BCUT2D eigenvalue weighted by Crippen LogP contribution is 2.35. The number of nitrogens with zero attached hydrogens (tertiary/aromatic N) is 4. The molecule has 2 amide bonds. The van der Waals surface area contributed by atoms with Crippen LogP contribution in [0, 0.1) is 0 Å². The number of nitrogens with one attached hydrogen (secondary N) is 3. The van der Waals surface area contributed by atoms with Crippen LogP contribution in [0.3, 0.4) is 0 Å². The number of amides is 2. The molecule has 240 valence electrons. The zero-order valence-corrected chi connectivity index (χ0v) is 26.3. The van der Waals surface area contributed by atoms with E-state index >= 15 is 0 Å². The Kier molecular flexibility index (Phi) is 11.3. The van der Waals surface area contributed by atoms with Crippen LogP contribution in [0.25, 0.3) is 10.9 Å². The highest BCUT2D eigenvalue weighted by molar-refractivity contribution is 6.32. The summed E-state index contributed by atoms with van der Waals surface area (Å²) < 4.78 is 17.4. The van der Waals surface area contributed by atoms with Gasteiger partial charge in [-0.05, 0) is 55.8 Å². The van der Waals surface area contributed by atoms with Crippen molar-refractivity contribution < 1.29 is 23.8 Å². The smallest absolute Gasteiger partial charge is 0.246 e. The van der Waals surface area contributed by atoms with E-state index in [1.807, 2.05) is 24.3 Å². The second-order valence-corrected chi connectivity index (χ2v) is 11.0. The Morgan fingerprint density at radius 2 is 1.93 bits per heavy atom. The largest absolute Gasteiger partial charge is 0.491 e. The lowest BCUT2D eigenvalue weighted by atomic mass is 10.1. The van der Waals surface area contributed by atoms with Crippen LogP contribution < -0.4 is 25.4 Å². The van der Waals surface area contributed by atoms with E-state index in [0.29, 0.717) is 51.2 Å². The molecule has 1 saturated heterocycles. The minimum atomic E-state index is -0.819. The number of fused-ring (bicyclic) bond motifs is 1. The van der Waals surface area contributed by atoms with Crippen LogP contribution in [0.15, 0.2) is 73.7 Å². The van der Waals surface area contributed by atoms with Gasteiger partial charge in [-0.1, -0.05) is 24.2 Å². The monoisotopic (exact) mass is 645 g/mol. The molecule has 1 fully saturated rings. The van der Waals surface area contributed by atoms with Crippen LogP contribution in [-0.4, -0.2) is 77.2 Å². The Bertz CT molecular complexity index is 1670. The standard InChI is InChI=1S/C33H36ClN7O5/c1-3-31(42)38-22(2)33(43)40-28-18-25-27(19-30(28)45-14-6-11-41-12-15-44-16-13-41)36-21-37-32(25)39-23-8-9-29(26(34)17-23)46-20-24-7-4-5-10-35-24/h3-5,7-10,17-19,21-22H,1,6,11-16,20H2,2H3,(H,38,42)(H,40,43)(H,36,37,39). The van der Waals surface area contributed by atoms with Gasteiger partial charge in [-0.2, -0.15) is 0 Å². The Morgan fingerprint density at radius 3 is 2.70 bits per heavy atom. The molecule has 12 nitrogen and oxygen atoms in total. The van der Waals surface area contributed by atoms with E-state index in [0.717, 1.165) is 51.0 Å². The molecule has 0 aliphatic carbocycles. The first-order chi connectivity index (χ1) is 22.4. The van der Waals surface area contributed by atoms with E-state index in [2.05, 4.69) is 42.4 Å². The maximum atomic E-state index is 13.1. The van der Waals surface area contributed by atoms with Gasteiger partial charge in [-0.3, -0.25) is 19.5 Å². The average Bonchev–Trinajstić information content (AvgIpc) is 3.07. The van der Waals surface area contributed by atoms with Crippen LogP contribution in [0.5, 0.6) is 11.5 Å². The summed E-state index contributed by atoms with van der Waals surface area (Å²) in [6.45, 7) is 9.86. The molecule has 2 aromatic carbocycles. The summed E-state index contributed by atoms with van der Waals surface area (Å²) in [6, 6.07) is 13.6. The number of ether oxygens (including phenoxy) is 3. The summed E-state index contributed by atoms with van der Waals surface area (Å²) in [7, 11) is 0. The molecule has 13 heteroatoms. The third kappa shape index (κ3) is 8.90. The summed E-state index contributed by atoms with van der Waals surface area (Å²) in [4.78, 5) is 40.4. The summed E-state index contributed by atoms with van der Waals surface area (Å²) in [6.07, 6.45) is 5.06. The minimum Gasteiger partial charge on any atom is -0.491 e. The van der Waals surface area contributed by atoms with Crippen molar-refractivity contribution in [2.24, 2.45) is 0 Å². The Hall–Kier alpha value is -4.78. The molecule has 46 heavy (non-hydrogen) atoms. The number of hydrogen-bond donors (Lipinski definition) is 3. The summed E-state index contributed by atoms with van der Waals surface area (Å²) in [5, 5.41) is 9.81. The van der Waals surface area contributed by atoms with E-state index < -0.39 is 17.9 Å². The minimum absolute atomic E-state index is 0.284. The van der Waals surface area contributed by atoms with Crippen molar-refractivity contribution in [3.05, 3.63) is 84.4 Å². The third-order valence-electron chi connectivity index (χ3n) is 7.21. The number of aromatic nitrogens is 3. The SMILES string of the molecule is C=CC(=O)NC(C)C(=O)Nc1cc2c(Nc3ccc(OCc4ccccn4)c(Cl)c3)ncnc2cc1OCCCN1CCOCC1. The van der Waals surface area contributed by atoms with E-state index in [9.17, 15) is 9.59 Å². The van der Waals surface area contributed by atoms with Gasteiger partial charge in [0.1, 0.15) is 36.3 Å². The molecule has 2 aromatic heterocycles. The second-order valence-electron chi connectivity index (χ2n) is 10.5. The molecule has 3 heterocycles. The molecule has 0 radical (unpaired) electrons. The lowest BCUT2D eigenvalue weighted by Gasteiger charge is -2.26. The van der Waals surface area contributed by atoms with Gasteiger partial charge >= 0.3 is 0 Å². The van der Waals surface area contributed by atoms with Crippen molar-refractivity contribution >= 4 is 51.5 Å². The van der Waals surface area contributed by atoms with Gasteiger partial charge in [0.15, 0.2) is 0 Å². The van der Waals surface area contributed by atoms with Crippen LogP contribution >= 0.6 is 11.6 Å². The molecule has 3 N–H and O–H groups in total. The molecule has 1 unspecified atom stereocenters. The highest BCUT2D eigenvalue weighted by atomic mass is 35.5. The summed E-state index contributed by atoms with van der Waals surface area (Å²) in [5.41, 5.74) is 2.48. The van der Waals surface area contributed by atoms with Gasteiger partial charge < -0.3 is 30.2 Å². The maximum Gasteiger partial charge on any atom is 0.246 e. The normalized spacial score (nSPS) is 13.9. The second kappa shape index (κ2) is 16.0. The molecular weight excluding hydrogens is 610 g/mol. The van der Waals surface area contributed by atoms with Crippen LogP contribution in [0.4, 0.5) is 17.2 Å². The Labute approximate surface area is 272 Å². The number of carbonyl (C=O) groups is 2. The molecule has 5 rings (SSSR count). The van der Waals surface area contributed by atoms with Gasteiger partial charge in [-0.25, -0.2) is 9.97 Å². The number of hydrogen-bond acceptors (Lipinski definition) is 10. The highest BCUT2D eigenvalue weighted by Gasteiger charge is 2.19. The predicted octanol–water partition coefficient (Wildman–Crippen LogP) is 4.73. The molecule has 4 aromatic rings. The van der Waals surface area contributed by atoms with Crippen molar-refractivity contribution in [2.45, 2.75) is 26.0 Å². The lowest BCUT2D eigenvalue weighted by Crippen LogP contribution is -2.40. The number of pyridine rings is 1. The van der Waals surface area contributed by atoms with Crippen molar-refractivity contribution in [3.63, 3.8) is 0 Å². The fourth-order valence-corrected chi connectivity index (χ4v) is 4.98. The van der Waals surface area contributed by atoms with Crippen molar-refractivity contribution in [2.75, 3.05) is 50.1 Å². The number of anilines is 3. The number of benzene rings is 2. The Balaban J connectivity index is 1.35. The Morgan fingerprint density at radius 1 is 1.09 bits per heavy atom. The summed E-state index contributed by atoms with van der Waals surface area (Å²) >= 11 is 6.54. The topological polar surface area (TPSA) is 140 Å². The predicted molar refractivity (Wildman–Crippen MR) is 177 cm³/mol. The molecule has 1 aliphatic rings. The van der Waals surface area contributed by atoms with Gasteiger partial charge in [-0.15, -0.1) is 0 Å². The van der Waals surface area contributed by atoms with Crippen LogP contribution in [-0.2, 0) is 20.9 Å². The fourth-order valence-electron chi connectivity index (χ4n) is 4.74. The van der Waals surface area contributed by atoms with Gasteiger partial charge in [0.2, 0.25) is 11.8 Å². The number of carbonyl (C=O) groups excluding carboxylic acids is 2. The quantitative estimate of drug-likeness (QED) is 0.130. The number of halogens is 1. The third-order valence-corrected chi connectivity index (χ3v) is 7.50. The zero-order chi connectivity index (χ0) is 32.3. The molecule has 0 saturated carbocycles. The number of morpholine rings is 1. The van der Waals surface area contributed by atoms with Crippen molar-refractivity contribution in [3.8, 4) is 11.5 Å². The van der Waals surface area contributed by atoms with Crippen molar-refractivity contribution in [1.82, 2.24) is 25.2 Å². The molecule has 0 spiro atoms. The van der Waals surface area contributed by atoms with E-state index in [1.165, 1.54) is 6.33 Å². The first kappa shape index (κ1) is 32.6. The lowest BCUT2D eigenvalue weighted by molar-refractivity contribution is -0.123. The molecule has 1 aliphatic heterocycles. The van der Waals surface area contributed by atoms with Gasteiger partial charge in [0, 0.05) is 43.0 Å². The van der Waals surface area contributed by atoms with Crippen molar-refractivity contribution in [1.29, 1.82) is 0 Å². The van der Waals surface area contributed by atoms with Gasteiger partial charge in [0.25, 0.3) is 0 Å².